The van der Waals surface area contributed by atoms with Crippen LogP contribution < -0.4 is 0 Å². The van der Waals surface area contributed by atoms with E-state index < -0.39 is 5.97 Å². The Morgan fingerprint density at radius 3 is 2.43 bits per heavy atom. The summed E-state index contributed by atoms with van der Waals surface area (Å²) in [4.78, 5) is 10.9. The predicted octanol–water partition coefficient (Wildman–Crippen LogP) is 3.42. The number of halogens is 1. The molecule has 0 unspecified atom stereocenters. The van der Waals surface area contributed by atoms with Gasteiger partial charge in [0, 0.05) is 3.57 Å². The molecular weight excluding hydrogens is 291 g/mol. The van der Waals surface area contributed by atoms with Crippen LogP contribution in [0.1, 0.15) is 41.3 Å². The molecular formula is C11H13IO2. The van der Waals surface area contributed by atoms with E-state index in [4.69, 9.17) is 5.11 Å². The Balaban J connectivity index is 3.31. The second-order valence-electron chi connectivity index (χ2n) is 3.65. The molecule has 76 valence electrons. The fourth-order valence-corrected chi connectivity index (χ4v) is 2.47. The molecule has 0 heterocycles. The van der Waals surface area contributed by atoms with Crippen molar-refractivity contribution >= 4 is 28.6 Å². The summed E-state index contributed by atoms with van der Waals surface area (Å²) in [6, 6.07) is 3.71. The number of aromatic carboxylic acids is 1. The Kier molecular flexibility index (Phi) is 3.53. The maximum atomic E-state index is 10.9. The van der Waals surface area contributed by atoms with Crippen LogP contribution >= 0.6 is 22.6 Å². The molecule has 1 N–H and O–H groups in total. The minimum absolute atomic E-state index is 0.402. The van der Waals surface area contributed by atoms with Crippen molar-refractivity contribution in [2.24, 2.45) is 0 Å². The van der Waals surface area contributed by atoms with E-state index in [1.807, 2.05) is 13.0 Å². The molecule has 0 amide bonds. The molecule has 0 radical (unpaired) electrons. The summed E-state index contributed by atoms with van der Waals surface area (Å²) in [5, 5.41) is 8.92. The van der Waals surface area contributed by atoms with Gasteiger partial charge in [0.2, 0.25) is 0 Å². The molecule has 0 saturated carbocycles. The summed E-state index contributed by atoms with van der Waals surface area (Å²) >= 11 is 2.19. The van der Waals surface area contributed by atoms with Crippen LogP contribution in [0.25, 0.3) is 0 Å². The Morgan fingerprint density at radius 1 is 1.43 bits per heavy atom. The summed E-state index contributed by atoms with van der Waals surface area (Å²) in [7, 11) is 0. The molecule has 0 fully saturated rings. The van der Waals surface area contributed by atoms with Crippen molar-refractivity contribution in [3.8, 4) is 0 Å². The average molecular weight is 304 g/mol. The Morgan fingerprint density at radius 2 is 2.00 bits per heavy atom. The van der Waals surface area contributed by atoms with Crippen molar-refractivity contribution in [1.82, 2.24) is 0 Å². The van der Waals surface area contributed by atoms with Gasteiger partial charge < -0.3 is 5.11 Å². The molecule has 0 bridgehead atoms. The van der Waals surface area contributed by atoms with Gasteiger partial charge in [0.1, 0.15) is 0 Å². The van der Waals surface area contributed by atoms with Crippen molar-refractivity contribution in [3.05, 3.63) is 32.4 Å². The third-order valence-electron chi connectivity index (χ3n) is 2.20. The Labute approximate surface area is 97.5 Å². The zero-order valence-corrected chi connectivity index (χ0v) is 10.6. The summed E-state index contributed by atoms with van der Waals surface area (Å²) in [5.74, 6) is -0.417. The monoisotopic (exact) mass is 304 g/mol. The van der Waals surface area contributed by atoms with Gasteiger partial charge in [-0.2, -0.15) is 0 Å². The minimum Gasteiger partial charge on any atom is -0.478 e. The molecule has 1 rings (SSSR count). The number of hydrogen-bond donors (Lipinski definition) is 1. The first-order valence-electron chi connectivity index (χ1n) is 4.46. The minimum atomic E-state index is -0.851. The maximum absolute atomic E-state index is 10.9. The SMILES string of the molecule is Cc1cc(C(C)C)c(I)cc1C(=O)O. The summed E-state index contributed by atoms with van der Waals surface area (Å²) < 4.78 is 1.03. The average Bonchev–Trinajstić information content (AvgIpc) is 2.07. The molecule has 1 aromatic carbocycles. The highest BCUT2D eigenvalue weighted by Gasteiger charge is 2.12. The van der Waals surface area contributed by atoms with Crippen LogP contribution in [0.15, 0.2) is 12.1 Å². The van der Waals surface area contributed by atoms with Gasteiger partial charge in [-0.3, -0.25) is 0 Å². The highest BCUT2D eigenvalue weighted by molar-refractivity contribution is 14.1. The van der Waals surface area contributed by atoms with Gasteiger partial charge in [-0.05, 0) is 52.6 Å². The number of carboxylic acids is 1. The normalized spacial score (nSPS) is 10.6. The van der Waals surface area contributed by atoms with Crippen LogP contribution in [0.5, 0.6) is 0 Å². The van der Waals surface area contributed by atoms with Crippen LogP contribution in [-0.2, 0) is 0 Å². The van der Waals surface area contributed by atoms with Crippen molar-refractivity contribution in [2.45, 2.75) is 26.7 Å². The first-order valence-corrected chi connectivity index (χ1v) is 5.54. The van der Waals surface area contributed by atoms with E-state index in [1.165, 1.54) is 5.56 Å². The number of rotatable bonds is 2. The number of carboxylic acid groups (broad SMARTS) is 1. The van der Waals surface area contributed by atoms with Crippen molar-refractivity contribution in [1.29, 1.82) is 0 Å². The molecule has 0 aliphatic carbocycles. The highest BCUT2D eigenvalue weighted by atomic mass is 127. The number of benzene rings is 1. The quantitative estimate of drug-likeness (QED) is 0.850. The lowest BCUT2D eigenvalue weighted by atomic mass is 9.98. The van der Waals surface area contributed by atoms with Crippen molar-refractivity contribution in [2.75, 3.05) is 0 Å². The predicted molar refractivity (Wildman–Crippen MR) is 64.9 cm³/mol. The fraction of sp³-hybridized carbons (Fsp3) is 0.364. The Bertz CT molecular complexity index is 370. The molecule has 0 saturated heterocycles. The van der Waals surface area contributed by atoms with E-state index in [1.54, 1.807) is 6.07 Å². The molecule has 1 aromatic rings. The topological polar surface area (TPSA) is 37.3 Å². The van der Waals surface area contributed by atoms with E-state index in [9.17, 15) is 4.79 Å². The molecule has 0 aromatic heterocycles. The van der Waals surface area contributed by atoms with Gasteiger partial charge in [0.15, 0.2) is 0 Å². The smallest absolute Gasteiger partial charge is 0.335 e. The summed E-state index contributed by atoms with van der Waals surface area (Å²) in [5.41, 5.74) is 2.45. The van der Waals surface area contributed by atoms with Crippen molar-refractivity contribution in [3.63, 3.8) is 0 Å². The lowest BCUT2D eigenvalue weighted by molar-refractivity contribution is 0.0696. The van der Waals surface area contributed by atoms with Gasteiger partial charge in [0.25, 0.3) is 0 Å². The molecule has 0 atom stereocenters. The molecule has 0 spiro atoms. The first-order chi connectivity index (χ1) is 6.43. The third-order valence-corrected chi connectivity index (χ3v) is 3.13. The standard InChI is InChI=1S/C11H13IO2/c1-6(2)8-4-7(3)9(11(13)14)5-10(8)12/h4-6H,1-3H3,(H,13,14). The number of carbonyl (C=O) groups is 1. The number of hydrogen-bond acceptors (Lipinski definition) is 1. The second-order valence-corrected chi connectivity index (χ2v) is 4.81. The lowest BCUT2D eigenvalue weighted by Crippen LogP contribution is -2.03. The van der Waals surface area contributed by atoms with Gasteiger partial charge in [-0.1, -0.05) is 19.9 Å². The van der Waals surface area contributed by atoms with Gasteiger partial charge in [-0.25, -0.2) is 4.79 Å². The Hall–Kier alpha value is -0.580. The van der Waals surface area contributed by atoms with Crippen molar-refractivity contribution < 1.29 is 9.90 Å². The van der Waals surface area contributed by atoms with Crippen LogP contribution in [-0.4, -0.2) is 11.1 Å². The fourth-order valence-electron chi connectivity index (χ4n) is 1.38. The van der Waals surface area contributed by atoms with E-state index in [2.05, 4.69) is 36.4 Å². The van der Waals surface area contributed by atoms with E-state index >= 15 is 0 Å². The summed E-state index contributed by atoms with van der Waals surface area (Å²) in [6.45, 7) is 6.06. The molecule has 0 aliphatic heterocycles. The second kappa shape index (κ2) is 4.29. The molecule has 3 heteroatoms. The zero-order valence-electron chi connectivity index (χ0n) is 8.47. The first kappa shape index (κ1) is 11.5. The molecule has 2 nitrogen and oxygen atoms in total. The van der Waals surface area contributed by atoms with Gasteiger partial charge in [0.05, 0.1) is 5.56 Å². The third kappa shape index (κ3) is 2.26. The van der Waals surface area contributed by atoms with Crippen LogP contribution in [0.3, 0.4) is 0 Å². The highest BCUT2D eigenvalue weighted by Crippen LogP contribution is 2.24. The number of aryl methyl sites for hydroxylation is 1. The van der Waals surface area contributed by atoms with E-state index in [0.29, 0.717) is 11.5 Å². The maximum Gasteiger partial charge on any atom is 0.335 e. The van der Waals surface area contributed by atoms with E-state index in [0.717, 1.165) is 9.13 Å². The van der Waals surface area contributed by atoms with Crippen LogP contribution in [0.4, 0.5) is 0 Å². The summed E-state index contributed by atoms with van der Waals surface area (Å²) in [6.07, 6.45) is 0. The molecule has 14 heavy (non-hydrogen) atoms. The van der Waals surface area contributed by atoms with Gasteiger partial charge in [-0.15, -0.1) is 0 Å². The zero-order chi connectivity index (χ0) is 10.9. The van der Waals surface area contributed by atoms with E-state index in [-0.39, 0.29) is 0 Å². The largest absolute Gasteiger partial charge is 0.478 e. The lowest BCUT2D eigenvalue weighted by Gasteiger charge is -2.11. The molecule has 0 aliphatic rings. The van der Waals surface area contributed by atoms with Crippen LogP contribution in [0.2, 0.25) is 0 Å². The van der Waals surface area contributed by atoms with Gasteiger partial charge >= 0.3 is 5.97 Å². The van der Waals surface area contributed by atoms with Crippen LogP contribution in [0, 0.1) is 10.5 Å².